The van der Waals surface area contributed by atoms with E-state index in [2.05, 4.69) is 27.7 Å². The molecule has 1 unspecified atom stereocenters. The Balaban J connectivity index is 6.34. The minimum atomic E-state index is -1.68. The van der Waals surface area contributed by atoms with E-state index in [1.54, 1.807) is 0 Å². The van der Waals surface area contributed by atoms with Gasteiger partial charge in [-0.05, 0) is 31.6 Å². The van der Waals surface area contributed by atoms with E-state index in [0.29, 0.717) is 19.3 Å². The Labute approximate surface area is 167 Å². The minimum Gasteiger partial charge on any atom is -0.480 e. The largest absolute Gasteiger partial charge is 0.480 e. The second-order valence-electron chi connectivity index (χ2n) is 8.26. The van der Waals surface area contributed by atoms with Crippen LogP contribution in [0.5, 0.6) is 0 Å². The Bertz CT molecular complexity index is 410. The van der Waals surface area contributed by atoms with Crippen LogP contribution in [-0.4, -0.2) is 22.2 Å². The molecule has 2 N–H and O–H groups in total. The topological polar surface area (TPSA) is 74.6 Å². The smallest absolute Gasteiger partial charge is 0.321 e. The van der Waals surface area contributed by atoms with Crippen LogP contribution >= 0.6 is 0 Å². The van der Waals surface area contributed by atoms with Gasteiger partial charge in [-0.2, -0.15) is 0 Å². The van der Waals surface area contributed by atoms with E-state index < -0.39 is 22.8 Å². The van der Waals surface area contributed by atoms with Gasteiger partial charge in [0.05, 0.1) is 0 Å². The second-order valence-corrected chi connectivity index (χ2v) is 8.26. The lowest BCUT2D eigenvalue weighted by Gasteiger charge is -2.51. The van der Waals surface area contributed by atoms with Crippen LogP contribution < -0.4 is 0 Å². The molecule has 0 bridgehead atoms. The quantitative estimate of drug-likeness (QED) is 0.211. The van der Waals surface area contributed by atoms with E-state index in [1.807, 2.05) is 6.92 Å². The molecule has 0 aromatic heterocycles. The molecule has 0 fully saturated rings. The number of carboxylic acid groups (broad SMARTS) is 2. The molecule has 0 heterocycles. The maximum absolute atomic E-state index is 12.6. The highest BCUT2D eigenvalue weighted by Gasteiger charge is 2.62. The molecule has 0 saturated carbocycles. The molecule has 0 aromatic carbocycles. The zero-order valence-corrected chi connectivity index (χ0v) is 18.5. The molecule has 0 aliphatic heterocycles. The highest BCUT2D eigenvalue weighted by atomic mass is 16.4. The fourth-order valence-corrected chi connectivity index (χ4v) is 5.42. The van der Waals surface area contributed by atoms with Crippen molar-refractivity contribution in [3.63, 3.8) is 0 Å². The van der Waals surface area contributed by atoms with Crippen molar-refractivity contribution in [1.82, 2.24) is 0 Å². The lowest BCUT2D eigenvalue weighted by Crippen LogP contribution is -2.56. The summed E-state index contributed by atoms with van der Waals surface area (Å²) < 4.78 is 0. The number of carboxylic acids is 2. The first-order valence-corrected chi connectivity index (χ1v) is 11.3. The van der Waals surface area contributed by atoms with Crippen LogP contribution in [0.15, 0.2) is 0 Å². The van der Waals surface area contributed by atoms with Crippen molar-refractivity contribution in [3.05, 3.63) is 0 Å². The van der Waals surface area contributed by atoms with E-state index in [0.717, 1.165) is 51.4 Å². The molecule has 0 rings (SSSR count). The molecule has 0 aliphatic rings. The molecule has 4 nitrogen and oxygen atoms in total. The molecule has 0 radical (unpaired) electrons. The fourth-order valence-electron chi connectivity index (χ4n) is 5.42. The summed E-state index contributed by atoms with van der Waals surface area (Å²) in [5, 5.41) is 20.5. The summed E-state index contributed by atoms with van der Waals surface area (Å²) in [6, 6.07) is 0. The second kappa shape index (κ2) is 13.2. The molecule has 0 saturated heterocycles. The number of carbonyl (C=O) groups is 2. The summed E-state index contributed by atoms with van der Waals surface area (Å²) in [4.78, 5) is 25.1. The summed E-state index contributed by atoms with van der Waals surface area (Å²) in [7, 11) is 0. The predicted octanol–water partition coefficient (Wildman–Crippen LogP) is 6.92. The number of aliphatic carboxylic acids is 2. The Morgan fingerprint density at radius 3 is 1.56 bits per heavy atom. The van der Waals surface area contributed by atoms with Gasteiger partial charge in [0, 0.05) is 5.41 Å². The van der Waals surface area contributed by atoms with Crippen LogP contribution in [0.4, 0.5) is 0 Å². The van der Waals surface area contributed by atoms with Gasteiger partial charge in [0.1, 0.15) is 0 Å². The maximum Gasteiger partial charge on any atom is 0.321 e. The third kappa shape index (κ3) is 5.96. The first-order valence-electron chi connectivity index (χ1n) is 11.3. The van der Waals surface area contributed by atoms with Crippen LogP contribution in [0.1, 0.15) is 118 Å². The Morgan fingerprint density at radius 1 is 0.667 bits per heavy atom. The zero-order valence-electron chi connectivity index (χ0n) is 18.5. The third-order valence-electron chi connectivity index (χ3n) is 6.42. The van der Waals surface area contributed by atoms with Gasteiger partial charge in [-0.15, -0.1) is 0 Å². The Hall–Kier alpha value is -1.06. The van der Waals surface area contributed by atoms with Gasteiger partial charge < -0.3 is 10.2 Å². The van der Waals surface area contributed by atoms with Crippen molar-refractivity contribution in [2.45, 2.75) is 118 Å². The Morgan fingerprint density at radius 2 is 1.19 bits per heavy atom. The summed E-state index contributed by atoms with van der Waals surface area (Å²) in [6.07, 6.45) is 11.2. The predicted molar refractivity (Wildman–Crippen MR) is 112 cm³/mol. The molecular weight excluding hydrogens is 340 g/mol. The average molecular weight is 385 g/mol. The zero-order chi connectivity index (χ0) is 20.9. The number of rotatable bonds is 17. The molecule has 0 aromatic rings. The molecule has 4 heteroatoms. The molecule has 0 amide bonds. The maximum atomic E-state index is 12.6. The molecule has 1 atom stereocenters. The van der Waals surface area contributed by atoms with Gasteiger partial charge in [-0.3, -0.25) is 9.59 Å². The molecule has 0 aliphatic carbocycles. The van der Waals surface area contributed by atoms with E-state index in [4.69, 9.17) is 0 Å². The van der Waals surface area contributed by atoms with Crippen molar-refractivity contribution in [2.24, 2.45) is 16.7 Å². The SMILES string of the molecule is CCCCCCC(CCC)C(CCC)(CCC)C(CCC)(C(=O)O)C(=O)O. The standard InChI is InChI=1S/C23H44O4/c1-6-11-12-13-15-19(14-7-2)22(16-8-3,17-9-4)23(18-10-5,20(24)25)21(26)27/h19H,6-18H2,1-5H3,(H,24,25)(H,26,27). The van der Waals surface area contributed by atoms with E-state index in [-0.39, 0.29) is 12.3 Å². The van der Waals surface area contributed by atoms with Crippen LogP contribution in [0.2, 0.25) is 0 Å². The van der Waals surface area contributed by atoms with Gasteiger partial charge in [0.15, 0.2) is 5.41 Å². The first kappa shape index (κ1) is 25.9. The number of hydrogen-bond acceptors (Lipinski definition) is 2. The third-order valence-corrected chi connectivity index (χ3v) is 6.42. The van der Waals surface area contributed by atoms with Crippen molar-refractivity contribution < 1.29 is 19.8 Å². The summed E-state index contributed by atoms with van der Waals surface area (Å²) in [5.74, 6) is -2.11. The molecule has 160 valence electrons. The van der Waals surface area contributed by atoms with Gasteiger partial charge in [-0.25, -0.2) is 0 Å². The molecule has 27 heavy (non-hydrogen) atoms. The van der Waals surface area contributed by atoms with Gasteiger partial charge in [0.25, 0.3) is 0 Å². The summed E-state index contributed by atoms with van der Waals surface area (Å²) >= 11 is 0. The summed E-state index contributed by atoms with van der Waals surface area (Å²) in [6.45, 7) is 10.3. The van der Waals surface area contributed by atoms with Crippen LogP contribution in [0, 0.1) is 16.7 Å². The Kier molecular flexibility index (Phi) is 12.7. The monoisotopic (exact) mass is 384 g/mol. The van der Waals surface area contributed by atoms with Crippen LogP contribution in [-0.2, 0) is 9.59 Å². The lowest BCUT2D eigenvalue weighted by atomic mass is 9.50. The van der Waals surface area contributed by atoms with Crippen LogP contribution in [0.25, 0.3) is 0 Å². The van der Waals surface area contributed by atoms with Crippen molar-refractivity contribution in [3.8, 4) is 0 Å². The highest BCUT2D eigenvalue weighted by Crippen LogP contribution is 2.57. The molecule has 0 spiro atoms. The fraction of sp³-hybridized carbons (Fsp3) is 0.913. The average Bonchev–Trinajstić information content (AvgIpc) is 2.61. The van der Waals surface area contributed by atoms with Crippen LogP contribution in [0.3, 0.4) is 0 Å². The summed E-state index contributed by atoms with van der Waals surface area (Å²) in [5.41, 5.74) is -2.36. The lowest BCUT2D eigenvalue weighted by molar-refractivity contribution is -0.185. The van der Waals surface area contributed by atoms with Crippen molar-refractivity contribution >= 4 is 11.9 Å². The molecular formula is C23H44O4. The van der Waals surface area contributed by atoms with Crippen molar-refractivity contribution in [2.75, 3.05) is 0 Å². The van der Waals surface area contributed by atoms with E-state index in [1.165, 1.54) is 6.42 Å². The van der Waals surface area contributed by atoms with Gasteiger partial charge in [-0.1, -0.05) is 92.4 Å². The number of hydrogen-bond donors (Lipinski definition) is 2. The first-order chi connectivity index (χ1) is 12.8. The normalized spacial score (nSPS) is 13.5. The van der Waals surface area contributed by atoms with Gasteiger partial charge >= 0.3 is 11.9 Å². The van der Waals surface area contributed by atoms with E-state index in [9.17, 15) is 19.8 Å². The van der Waals surface area contributed by atoms with Crippen molar-refractivity contribution in [1.29, 1.82) is 0 Å². The van der Waals surface area contributed by atoms with E-state index >= 15 is 0 Å². The number of unbranched alkanes of at least 4 members (excludes halogenated alkanes) is 3. The minimum absolute atomic E-state index is 0.151. The highest BCUT2D eigenvalue weighted by molar-refractivity contribution is 5.99. The van der Waals surface area contributed by atoms with Gasteiger partial charge in [0.2, 0.25) is 0 Å².